The Morgan fingerprint density at radius 1 is 1.05 bits per heavy atom. The van der Waals surface area contributed by atoms with Crippen LogP contribution in [0.3, 0.4) is 0 Å². The maximum absolute atomic E-state index is 10.5. The average molecular weight is 333 g/mol. The molecule has 0 aliphatic heterocycles. The number of methoxy groups -OCH3 is 1. The molecule has 4 nitrogen and oxygen atoms in total. The van der Waals surface area contributed by atoms with Gasteiger partial charge in [0.25, 0.3) is 0 Å². The van der Waals surface area contributed by atoms with Gasteiger partial charge in [-0.15, -0.1) is 0 Å². The van der Waals surface area contributed by atoms with Gasteiger partial charge in [0.15, 0.2) is 0 Å². The second-order valence-electron chi connectivity index (χ2n) is 7.67. The summed E-state index contributed by atoms with van der Waals surface area (Å²) in [5.41, 5.74) is 1.54. The van der Waals surface area contributed by atoms with E-state index in [-0.39, 0.29) is 24.7 Å². The molecule has 0 aromatic heterocycles. The van der Waals surface area contributed by atoms with E-state index in [1.807, 2.05) is 0 Å². The Morgan fingerprint density at radius 3 is 1.91 bits per heavy atom. The van der Waals surface area contributed by atoms with Crippen LogP contribution in [0, 0.1) is 5.92 Å². The molecule has 0 heterocycles. The van der Waals surface area contributed by atoms with E-state index in [2.05, 4.69) is 41.5 Å². The molecule has 1 aliphatic rings. The molecule has 1 unspecified atom stereocenters. The van der Waals surface area contributed by atoms with E-state index >= 15 is 0 Å². The zero-order valence-corrected chi connectivity index (χ0v) is 16.4. The lowest BCUT2D eigenvalue weighted by atomic mass is 10.0. The topological polar surface area (TPSA) is 58.9 Å². The summed E-state index contributed by atoms with van der Waals surface area (Å²) >= 11 is 0. The lowest BCUT2D eigenvalue weighted by Crippen LogP contribution is -2.52. The average Bonchev–Trinajstić information content (AvgIpc) is 2.71. The highest BCUT2D eigenvalue weighted by Gasteiger charge is 2.51. The van der Waals surface area contributed by atoms with Gasteiger partial charge in [0.2, 0.25) is 8.32 Å². The van der Waals surface area contributed by atoms with Crippen LogP contribution in [0.1, 0.15) is 54.4 Å². The van der Waals surface area contributed by atoms with Crippen molar-refractivity contribution in [2.24, 2.45) is 5.92 Å². The minimum atomic E-state index is -1.99. The molecule has 0 aromatic carbocycles. The molecule has 0 amide bonds. The summed E-state index contributed by atoms with van der Waals surface area (Å²) in [6.45, 7) is 13.7. The van der Waals surface area contributed by atoms with Crippen LogP contribution in [0.2, 0.25) is 16.6 Å². The van der Waals surface area contributed by atoms with Crippen LogP contribution in [0.4, 0.5) is 0 Å². The van der Waals surface area contributed by atoms with E-state index in [1.54, 1.807) is 7.11 Å². The first-order chi connectivity index (χ1) is 10.2. The number of hydrogen-bond acceptors (Lipinski definition) is 4. The van der Waals surface area contributed by atoms with Gasteiger partial charge < -0.3 is 19.4 Å². The highest BCUT2D eigenvalue weighted by Crippen LogP contribution is 2.46. The fourth-order valence-corrected chi connectivity index (χ4v) is 10.2. The zero-order valence-electron chi connectivity index (χ0n) is 15.4. The number of aliphatic hydroxyl groups excluding tert-OH is 2. The van der Waals surface area contributed by atoms with Crippen LogP contribution in [-0.2, 0) is 9.16 Å². The second-order valence-corrected chi connectivity index (χ2v) is 13.1. The van der Waals surface area contributed by atoms with Gasteiger partial charge in [-0.1, -0.05) is 41.5 Å². The SMILES string of the molecule is CO[C@H]1[C@H](O[Si](C(C)C)(C(C)C)C(C)C)CC(CCO)[C@@H]1O. The highest BCUT2D eigenvalue weighted by atomic mass is 28.4. The number of rotatable bonds is 8. The Hall–Kier alpha value is 0.0569. The molecule has 0 bridgehead atoms. The maximum atomic E-state index is 10.5. The molecule has 0 saturated heterocycles. The van der Waals surface area contributed by atoms with Crippen LogP contribution in [0.5, 0.6) is 0 Å². The van der Waals surface area contributed by atoms with Crippen molar-refractivity contribution in [2.75, 3.05) is 13.7 Å². The van der Waals surface area contributed by atoms with Crippen molar-refractivity contribution < 1.29 is 19.4 Å². The van der Waals surface area contributed by atoms with E-state index in [0.29, 0.717) is 23.0 Å². The molecule has 0 aromatic rings. The van der Waals surface area contributed by atoms with E-state index in [1.165, 1.54) is 0 Å². The van der Waals surface area contributed by atoms with Crippen molar-refractivity contribution in [3.8, 4) is 0 Å². The molecule has 1 rings (SSSR count). The van der Waals surface area contributed by atoms with Crippen molar-refractivity contribution in [1.82, 2.24) is 0 Å². The lowest BCUT2D eigenvalue weighted by Gasteiger charge is -2.45. The summed E-state index contributed by atoms with van der Waals surface area (Å²) in [6, 6.07) is 0. The first-order valence-corrected chi connectivity index (χ1v) is 10.9. The third kappa shape index (κ3) is 3.75. The van der Waals surface area contributed by atoms with Gasteiger partial charge in [-0.2, -0.15) is 0 Å². The first kappa shape index (κ1) is 20.1. The van der Waals surface area contributed by atoms with E-state index in [0.717, 1.165) is 6.42 Å². The maximum Gasteiger partial charge on any atom is 0.200 e. The van der Waals surface area contributed by atoms with Crippen LogP contribution in [0.15, 0.2) is 0 Å². The fraction of sp³-hybridized carbons (Fsp3) is 1.00. The van der Waals surface area contributed by atoms with Crippen LogP contribution >= 0.6 is 0 Å². The van der Waals surface area contributed by atoms with E-state index in [4.69, 9.17) is 9.16 Å². The van der Waals surface area contributed by atoms with Crippen molar-refractivity contribution in [1.29, 1.82) is 0 Å². The van der Waals surface area contributed by atoms with Gasteiger partial charge in [0.05, 0.1) is 12.2 Å². The number of ether oxygens (including phenoxy) is 1. The molecule has 132 valence electrons. The molecule has 2 N–H and O–H groups in total. The Balaban J connectivity index is 3.02. The molecular weight excluding hydrogens is 296 g/mol. The molecule has 1 fully saturated rings. The molecule has 0 radical (unpaired) electrons. The summed E-state index contributed by atoms with van der Waals surface area (Å²) in [5, 5.41) is 19.7. The van der Waals surface area contributed by atoms with Crippen molar-refractivity contribution in [3.05, 3.63) is 0 Å². The largest absolute Gasteiger partial charge is 0.410 e. The fourth-order valence-electron chi connectivity index (χ4n) is 4.59. The first-order valence-electron chi connectivity index (χ1n) is 8.71. The minimum Gasteiger partial charge on any atom is -0.410 e. The zero-order chi connectivity index (χ0) is 17.1. The Morgan fingerprint density at radius 2 is 1.55 bits per heavy atom. The van der Waals surface area contributed by atoms with E-state index in [9.17, 15) is 10.2 Å². The monoisotopic (exact) mass is 332 g/mol. The molecule has 22 heavy (non-hydrogen) atoms. The standard InChI is InChI=1S/C17H36O4Si/c1-11(2)22(12(3)4,13(5)6)21-15-10-14(8-9-18)16(19)17(15)20-7/h11-19H,8-10H2,1-7H3/t14?,15-,16+,17+/m1/s1. The predicted octanol–water partition coefficient (Wildman–Crippen LogP) is 3.33. The third-order valence-corrected chi connectivity index (χ3v) is 11.7. The van der Waals surface area contributed by atoms with Gasteiger partial charge in [-0.3, -0.25) is 0 Å². The van der Waals surface area contributed by atoms with Gasteiger partial charge >= 0.3 is 0 Å². The van der Waals surface area contributed by atoms with Crippen molar-refractivity contribution >= 4 is 8.32 Å². The van der Waals surface area contributed by atoms with Crippen LogP contribution in [-0.4, -0.2) is 50.6 Å². The Kier molecular flexibility index (Phi) is 7.53. The van der Waals surface area contributed by atoms with E-state index < -0.39 is 14.4 Å². The minimum absolute atomic E-state index is 0.0598. The van der Waals surface area contributed by atoms with Crippen molar-refractivity contribution in [3.63, 3.8) is 0 Å². The predicted molar refractivity (Wildman–Crippen MR) is 92.5 cm³/mol. The van der Waals surface area contributed by atoms with Crippen LogP contribution < -0.4 is 0 Å². The summed E-state index contributed by atoms with van der Waals surface area (Å²) in [7, 11) is -0.339. The van der Waals surface area contributed by atoms with Gasteiger partial charge in [-0.05, 0) is 35.4 Å². The summed E-state index contributed by atoms with van der Waals surface area (Å²) in [5.74, 6) is 0.0677. The second kappa shape index (κ2) is 8.24. The Bertz CT molecular complexity index is 311. The highest BCUT2D eigenvalue weighted by molar-refractivity contribution is 6.77. The third-order valence-electron chi connectivity index (χ3n) is 5.56. The van der Waals surface area contributed by atoms with Gasteiger partial charge in [0, 0.05) is 13.7 Å². The number of aliphatic hydroxyl groups is 2. The van der Waals surface area contributed by atoms with Gasteiger partial charge in [0.1, 0.15) is 6.10 Å². The molecule has 1 aliphatic carbocycles. The summed E-state index contributed by atoms with van der Waals surface area (Å²) in [6.07, 6.45) is 0.511. The number of hydrogen-bond donors (Lipinski definition) is 2. The van der Waals surface area contributed by atoms with Gasteiger partial charge in [-0.25, -0.2) is 0 Å². The van der Waals surface area contributed by atoms with Crippen LogP contribution in [0.25, 0.3) is 0 Å². The normalized spacial score (nSPS) is 30.0. The molecule has 0 spiro atoms. The Labute approximate surface area is 137 Å². The van der Waals surface area contributed by atoms with Crippen molar-refractivity contribution in [2.45, 2.75) is 89.3 Å². The molecule has 4 atom stereocenters. The molecular formula is C17H36O4Si. The quantitative estimate of drug-likeness (QED) is 0.669. The summed E-state index contributed by atoms with van der Waals surface area (Å²) in [4.78, 5) is 0. The molecule has 5 heteroatoms. The summed E-state index contributed by atoms with van der Waals surface area (Å²) < 4.78 is 12.4. The lowest BCUT2D eigenvalue weighted by molar-refractivity contribution is -0.0502. The smallest absolute Gasteiger partial charge is 0.200 e. The molecule has 1 saturated carbocycles.